The Labute approximate surface area is 108 Å². The fourth-order valence-corrected chi connectivity index (χ4v) is 1.78. The molecule has 0 atom stereocenters. The van der Waals surface area contributed by atoms with Gasteiger partial charge in [-0.15, -0.1) is 6.58 Å². The SMILES string of the molecule is C=CCN(CC)c1cc(C(=O)O)cc(CCC)n1. The predicted octanol–water partition coefficient (Wildman–Crippen LogP) is 2.74. The Balaban J connectivity index is 3.15. The van der Waals surface area contributed by atoms with Gasteiger partial charge in [0.25, 0.3) is 0 Å². The molecule has 0 amide bonds. The molecule has 0 fully saturated rings. The first-order valence-electron chi connectivity index (χ1n) is 6.22. The van der Waals surface area contributed by atoms with Crippen molar-refractivity contribution < 1.29 is 9.90 Å². The molecule has 4 nitrogen and oxygen atoms in total. The summed E-state index contributed by atoms with van der Waals surface area (Å²) in [5, 5.41) is 9.12. The van der Waals surface area contributed by atoms with Crippen molar-refractivity contribution in [3.8, 4) is 0 Å². The van der Waals surface area contributed by atoms with E-state index in [9.17, 15) is 4.79 Å². The van der Waals surface area contributed by atoms with E-state index in [1.54, 1.807) is 18.2 Å². The Morgan fingerprint density at radius 2 is 2.22 bits per heavy atom. The lowest BCUT2D eigenvalue weighted by atomic mass is 10.1. The first kappa shape index (κ1) is 14.2. The summed E-state index contributed by atoms with van der Waals surface area (Å²) in [4.78, 5) is 17.6. The van der Waals surface area contributed by atoms with E-state index in [1.165, 1.54) is 0 Å². The highest BCUT2D eigenvalue weighted by atomic mass is 16.4. The van der Waals surface area contributed by atoms with Gasteiger partial charge < -0.3 is 10.0 Å². The average Bonchev–Trinajstić information content (AvgIpc) is 2.35. The molecule has 0 aliphatic rings. The fraction of sp³-hybridized carbons (Fsp3) is 0.429. The van der Waals surface area contributed by atoms with Crippen LogP contribution in [0.1, 0.15) is 36.3 Å². The standard InChI is InChI=1S/C14H20N2O2/c1-4-7-12-9-11(14(17)18)10-13(15-12)16(6-3)8-5-2/h5,9-10H,2,4,6-8H2,1,3H3,(H,17,18). The highest BCUT2D eigenvalue weighted by Gasteiger charge is 2.11. The van der Waals surface area contributed by atoms with Crippen LogP contribution in [0.25, 0.3) is 0 Å². The van der Waals surface area contributed by atoms with Crippen molar-refractivity contribution in [1.29, 1.82) is 0 Å². The normalized spacial score (nSPS) is 10.1. The van der Waals surface area contributed by atoms with Crippen molar-refractivity contribution in [2.45, 2.75) is 26.7 Å². The number of anilines is 1. The lowest BCUT2D eigenvalue weighted by Crippen LogP contribution is -2.24. The van der Waals surface area contributed by atoms with Crippen LogP contribution >= 0.6 is 0 Å². The molecule has 18 heavy (non-hydrogen) atoms. The highest BCUT2D eigenvalue weighted by molar-refractivity contribution is 5.88. The van der Waals surface area contributed by atoms with Gasteiger partial charge in [0.15, 0.2) is 0 Å². The molecule has 0 spiro atoms. The number of hydrogen-bond acceptors (Lipinski definition) is 3. The van der Waals surface area contributed by atoms with Crippen molar-refractivity contribution in [2.24, 2.45) is 0 Å². The average molecular weight is 248 g/mol. The Bertz CT molecular complexity index is 430. The predicted molar refractivity (Wildman–Crippen MR) is 73.3 cm³/mol. The number of nitrogens with zero attached hydrogens (tertiary/aromatic N) is 2. The smallest absolute Gasteiger partial charge is 0.335 e. The third-order valence-corrected chi connectivity index (χ3v) is 2.67. The van der Waals surface area contributed by atoms with Crippen molar-refractivity contribution >= 4 is 11.8 Å². The van der Waals surface area contributed by atoms with Gasteiger partial charge in [0.1, 0.15) is 5.82 Å². The van der Waals surface area contributed by atoms with Gasteiger partial charge in [0, 0.05) is 18.8 Å². The molecule has 1 aromatic heterocycles. The maximum atomic E-state index is 11.1. The van der Waals surface area contributed by atoms with Crippen LogP contribution in [0.3, 0.4) is 0 Å². The molecule has 0 aliphatic heterocycles. The number of aryl methyl sites for hydroxylation is 1. The van der Waals surface area contributed by atoms with Crippen molar-refractivity contribution in [3.05, 3.63) is 36.0 Å². The minimum Gasteiger partial charge on any atom is -0.478 e. The molecule has 4 heteroatoms. The van der Waals surface area contributed by atoms with Gasteiger partial charge >= 0.3 is 5.97 Å². The summed E-state index contributed by atoms with van der Waals surface area (Å²) in [7, 11) is 0. The van der Waals surface area contributed by atoms with E-state index in [1.807, 2.05) is 11.8 Å². The zero-order valence-corrected chi connectivity index (χ0v) is 11.0. The second-order valence-electron chi connectivity index (χ2n) is 4.09. The third-order valence-electron chi connectivity index (χ3n) is 2.67. The molecule has 0 aliphatic carbocycles. The summed E-state index contributed by atoms with van der Waals surface area (Å²) >= 11 is 0. The van der Waals surface area contributed by atoms with E-state index >= 15 is 0 Å². The zero-order chi connectivity index (χ0) is 13.5. The molecule has 0 unspecified atom stereocenters. The van der Waals surface area contributed by atoms with Crippen LogP contribution in [0, 0.1) is 0 Å². The summed E-state index contributed by atoms with van der Waals surface area (Å²) in [6.07, 6.45) is 3.53. The van der Waals surface area contributed by atoms with Crippen LogP contribution in [0.2, 0.25) is 0 Å². The van der Waals surface area contributed by atoms with Crippen LogP contribution < -0.4 is 4.90 Å². The lowest BCUT2D eigenvalue weighted by molar-refractivity contribution is 0.0696. The second kappa shape index (κ2) is 6.79. The quantitative estimate of drug-likeness (QED) is 0.754. The van der Waals surface area contributed by atoms with Gasteiger partial charge in [-0.2, -0.15) is 0 Å². The monoisotopic (exact) mass is 248 g/mol. The van der Waals surface area contributed by atoms with Gasteiger partial charge in [0.05, 0.1) is 5.56 Å². The number of carboxylic acids is 1. The number of likely N-dealkylation sites (N-methyl/N-ethyl adjacent to an activating group) is 1. The Hall–Kier alpha value is -1.84. The lowest BCUT2D eigenvalue weighted by Gasteiger charge is -2.21. The third kappa shape index (κ3) is 3.58. The summed E-state index contributed by atoms with van der Waals surface area (Å²) < 4.78 is 0. The summed E-state index contributed by atoms with van der Waals surface area (Å²) in [6.45, 7) is 9.20. The molecule has 0 radical (unpaired) electrons. The number of hydrogen-bond donors (Lipinski definition) is 1. The van der Waals surface area contributed by atoms with E-state index in [0.29, 0.717) is 17.9 Å². The molecule has 98 valence electrons. The molecule has 0 saturated heterocycles. The van der Waals surface area contributed by atoms with Crippen LogP contribution in [0.4, 0.5) is 5.82 Å². The van der Waals surface area contributed by atoms with E-state index in [0.717, 1.165) is 25.1 Å². The van der Waals surface area contributed by atoms with Crippen molar-refractivity contribution in [2.75, 3.05) is 18.0 Å². The number of carbonyl (C=O) groups is 1. The topological polar surface area (TPSA) is 53.4 Å². The maximum absolute atomic E-state index is 11.1. The Kier molecular flexibility index (Phi) is 5.36. The highest BCUT2D eigenvalue weighted by Crippen LogP contribution is 2.16. The molecule has 1 rings (SSSR count). The molecular weight excluding hydrogens is 228 g/mol. The second-order valence-corrected chi connectivity index (χ2v) is 4.09. The van der Waals surface area contributed by atoms with E-state index in [4.69, 9.17) is 5.11 Å². The van der Waals surface area contributed by atoms with E-state index in [2.05, 4.69) is 18.5 Å². The summed E-state index contributed by atoms with van der Waals surface area (Å²) in [5.74, 6) is -0.202. The molecule has 0 aromatic carbocycles. The summed E-state index contributed by atoms with van der Waals surface area (Å²) in [5.41, 5.74) is 1.13. The van der Waals surface area contributed by atoms with Crippen LogP contribution in [-0.2, 0) is 6.42 Å². The van der Waals surface area contributed by atoms with Gasteiger partial charge in [-0.1, -0.05) is 19.4 Å². The van der Waals surface area contributed by atoms with Gasteiger partial charge in [-0.25, -0.2) is 9.78 Å². The Morgan fingerprint density at radius 3 is 2.72 bits per heavy atom. The van der Waals surface area contributed by atoms with Gasteiger partial charge in [-0.05, 0) is 25.5 Å². The largest absolute Gasteiger partial charge is 0.478 e. The number of aromatic carboxylic acids is 1. The molecule has 0 bridgehead atoms. The first-order chi connectivity index (χ1) is 8.62. The fourth-order valence-electron chi connectivity index (χ4n) is 1.78. The molecule has 1 aromatic rings. The van der Waals surface area contributed by atoms with Crippen molar-refractivity contribution in [3.63, 3.8) is 0 Å². The minimum absolute atomic E-state index is 0.297. The Morgan fingerprint density at radius 1 is 1.50 bits per heavy atom. The molecular formula is C14H20N2O2. The van der Waals surface area contributed by atoms with Crippen LogP contribution in [-0.4, -0.2) is 29.1 Å². The molecule has 1 N–H and O–H groups in total. The van der Waals surface area contributed by atoms with Gasteiger partial charge in [0.2, 0.25) is 0 Å². The zero-order valence-electron chi connectivity index (χ0n) is 11.0. The van der Waals surface area contributed by atoms with Crippen molar-refractivity contribution in [1.82, 2.24) is 4.98 Å². The van der Waals surface area contributed by atoms with E-state index in [-0.39, 0.29) is 0 Å². The molecule has 0 saturated carbocycles. The summed E-state index contributed by atoms with van der Waals surface area (Å²) in [6, 6.07) is 3.27. The minimum atomic E-state index is -0.911. The number of rotatable bonds is 7. The number of carboxylic acid groups (broad SMARTS) is 1. The van der Waals surface area contributed by atoms with Crippen LogP contribution in [0.5, 0.6) is 0 Å². The van der Waals surface area contributed by atoms with Gasteiger partial charge in [-0.3, -0.25) is 0 Å². The molecule has 1 heterocycles. The number of pyridine rings is 1. The maximum Gasteiger partial charge on any atom is 0.335 e. The van der Waals surface area contributed by atoms with E-state index < -0.39 is 5.97 Å². The number of aromatic nitrogens is 1. The first-order valence-corrected chi connectivity index (χ1v) is 6.22. The van der Waals surface area contributed by atoms with Crippen LogP contribution in [0.15, 0.2) is 24.8 Å².